The van der Waals surface area contributed by atoms with Crippen molar-refractivity contribution in [3.05, 3.63) is 47.7 Å². The van der Waals surface area contributed by atoms with Gasteiger partial charge in [0, 0.05) is 5.56 Å². The molecule has 154 valence electrons. The number of carboxylic acids is 1. The topological polar surface area (TPSA) is 117 Å². The molecule has 0 bridgehead atoms. The molecule has 1 amide bonds. The average Bonchev–Trinajstić information content (AvgIpc) is 3.07. The van der Waals surface area contributed by atoms with E-state index < -0.39 is 47.4 Å². The molecule has 0 aliphatic carbocycles. The molecule has 3 rings (SSSR count). The predicted octanol–water partition coefficient (Wildman–Crippen LogP) is 2.50. The first-order valence-electron chi connectivity index (χ1n) is 7.52. The summed E-state index contributed by atoms with van der Waals surface area (Å²) in [5.41, 5.74) is -2.24. The Hall–Kier alpha value is -3.41. The fourth-order valence-corrected chi connectivity index (χ4v) is 2.54. The Morgan fingerprint density at radius 2 is 1.90 bits per heavy atom. The van der Waals surface area contributed by atoms with Gasteiger partial charge in [0.15, 0.2) is 11.3 Å². The van der Waals surface area contributed by atoms with Crippen LogP contribution in [0.2, 0.25) is 0 Å². The second kappa shape index (κ2) is 7.91. The Labute approximate surface area is 165 Å². The molecule has 0 aliphatic heterocycles. The Bertz CT molecular complexity index is 1100. The molecule has 13 heteroatoms. The number of hydrogen-bond donors (Lipinski definition) is 3. The number of nitrogens with one attached hydrogen (secondary N) is 1. The SMILES string of the molecule is Cl.O=C(O)CNC(=O)c1c(O)cc(-c2ccc(F)c(C(F)(F)F)c2)c2ncnn12. The summed E-state index contributed by atoms with van der Waals surface area (Å²) in [6, 6.07) is 3.18. The highest BCUT2D eigenvalue weighted by Crippen LogP contribution is 2.36. The van der Waals surface area contributed by atoms with Crippen LogP contribution in [0, 0.1) is 5.82 Å². The number of nitrogens with zero attached hydrogens (tertiary/aromatic N) is 3. The molecule has 1 aromatic carbocycles. The number of halogens is 5. The van der Waals surface area contributed by atoms with E-state index >= 15 is 0 Å². The fourth-order valence-electron chi connectivity index (χ4n) is 2.54. The number of carbonyl (C=O) groups is 2. The molecule has 0 atom stereocenters. The van der Waals surface area contributed by atoms with Gasteiger partial charge < -0.3 is 15.5 Å². The number of carbonyl (C=O) groups excluding carboxylic acids is 1. The number of amides is 1. The average molecular weight is 435 g/mol. The molecule has 0 unspecified atom stereocenters. The summed E-state index contributed by atoms with van der Waals surface area (Å²) in [5.74, 6) is -4.47. The lowest BCUT2D eigenvalue weighted by Gasteiger charge is -2.13. The summed E-state index contributed by atoms with van der Waals surface area (Å²) in [4.78, 5) is 26.6. The molecule has 2 aromatic heterocycles. The number of alkyl halides is 3. The summed E-state index contributed by atoms with van der Waals surface area (Å²) in [6.45, 7) is -0.733. The molecule has 0 fully saturated rings. The van der Waals surface area contributed by atoms with E-state index in [4.69, 9.17) is 5.11 Å². The van der Waals surface area contributed by atoms with E-state index in [0.29, 0.717) is 12.1 Å². The molecule has 2 heterocycles. The van der Waals surface area contributed by atoms with Gasteiger partial charge in [0.05, 0.1) is 5.56 Å². The van der Waals surface area contributed by atoms with E-state index in [9.17, 15) is 32.3 Å². The first kappa shape index (κ1) is 21.9. The Balaban J connectivity index is 0.00000300. The van der Waals surface area contributed by atoms with Crippen molar-refractivity contribution in [2.75, 3.05) is 6.54 Å². The van der Waals surface area contributed by atoms with Gasteiger partial charge in [0.25, 0.3) is 5.91 Å². The highest BCUT2D eigenvalue weighted by atomic mass is 35.5. The number of aromatic nitrogens is 3. The number of pyridine rings is 1. The molecule has 0 saturated carbocycles. The van der Waals surface area contributed by atoms with Gasteiger partial charge in [0.1, 0.15) is 24.4 Å². The molecule has 0 aliphatic rings. The van der Waals surface area contributed by atoms with E-state index in [-0.39, 0.29) is 29.2 Å². The second-order valence-corrected chi connectivity index (χ2v) is 5.56. The standard InChI is InChI=1S/C16H10F4N4O4.ClH/c17-10-2-1-7(3-9(10)16(18,19)20)8-4-11(25)13(15(28)21-5-12(26)27)24-14(8)22-6-23-24;/h1-4,6,25H,5H2,(H,21,28)(H,26,27);1H. The first-order valence-corrected chi connectivity index (χ1v) is 7.52. The van der Waals surface area contributed by atoms with E-state index in [0.717, 1.165) is 23.0 Å². The Morgan fingerprint density at radius 3 is 2.52 bits per heavy atom. The van der Waals surface area contributed by atoms with Crippen molar-refractivity contribution in [3.63, 3.8) is 0 Å². The van der Waals surface area contributed by atoms with Crippen molar-refractivity contribution in [2.24, 2.45) is 0 Å². The third kappa shape index (κ3) is 4.21. The number of fused-ring (bicyclic) bond motifs is 1. The normalized spacial score (nSPS) is 11.2. The van der Waals surface area contributed by atoms with Gasteiger partial charge in [-0.2, -0.15) is 18.3 Å². The van der Waals surface area contributed by atoms with Crippen LogP contribution in [0.3, 0.4) is 0 Å². The van der Waals surface area contributed by atoms with Gasteiger partial charge in [-0.3, -0.25) is 9.59 Å². The summed E-state index contributed by atoms with van der Waals surface area (Å²) in [5, 5.41) is 24.6. The fraction of sp³-hybridized carbons (Fsp3) is 0.125. The van der Waals surface area contributed by atoms with Crippen molar-refractivity contribution in [2.45, 2.75) is 6.18 Å². The zero-order valence-corrected chi connectivity index (χ0v) is 14.9. The van der Waals surface area contributed by atoms with Crippen LogP contribution in [0.25, 0.3) is 16.8 Å². The van der Waals surface area contributed by atoms with Crippen LogP contribution in [-0.4, -0.2) is 43.2 Å². The number of aliphatic carboxylic acids is 1. The number of benzene rings is 1. The van der Waals surface area contributed by atoms with Crippen molar-refractivity contribution in [3.8, 4) is 16.9 Å². The number of carboxylic acid groups (broad SMARTS) is 1. The lowest BCUT2D eigenvalue weighted by Crippen LogP contribution is -2.31. The maximum Gasteiger partial charge on any atom is 0.419 e. The highest BCUT2D eigenvalue weighted by Gasteiger charge is 2.34. The van der Waals surface area contributed by atoms with Gasteiger partial charge in [-0.1, -0.05) is 6.07 Å². The maximum atomic E-state index is 13.5. The maximum absolute atomic E-state index is 13.5. The third-order valence-electron chi connectivity index (χ3n) is 3.72. The minimum absolute atomic E-state index is 0. The third-order valence-corrected chi connectivity index (χ3v) is 3.72. The molecular formula is C16H11ClF4N4O4. The summed E-state index contributed by atoms with van der Waals surface area (Å²) >= 11 is 0. The Kier molecular flexibility index (Phi) is 5.97. The smallest absolute Gasteiger partial charge is 0.419 e. The van der Waals surface area contributed by atoms with Gasteiger partial charge in [-0.25, -0.2) is 13.9 Å². The van der Waals surface area contributed by atoms with Crippen LogP contribution in [-0.2, 0) is 11.0 Å². The van der Waals surface area contributed by atoms with Gasteiger partial charge in [-0.05, 0) is 23.8 Å². The van der Waals surface area contributed by atoms with Crippen LogP contribution in [0.4, 0.5) is 17.6 Å². The largest absolute Gasteiger partial charge is 0.505 e. The van der Waals surface area contributed by atoms with Gasteiger partial charge >= 0.3 is 12.1 Å². The molecule has 3 N–H and O–H groups in total. The van der Waals surface area contributed by atoms with E-state index in [1.807, 2.05) is 5.32 Å². The quantitative estimate of drug-likeness (QED) is 0.543. The van der Waals surface area contributed by atoms with Crippen molar-refractivity contribution < 1.29 is 37.4 Å². The van der Waals surface area contributed by atoms with E-state index in [1.54, 1.807) is 0 Å². The van der Waals surface area contributed by atoms with Crippen molar-refractivity contribution in [1.82, 2.24) is 19.9 Å². The summed E-state index contributed by atoms with van der Waals surface area (Å²) in [7, 11) is 0. The van der Waals surface area contributed by atoms with Crippen molar-refractivity contribution in [1.29, 1.82) is 0 Å². The molecule has 0 saturated heterocycles. The molecule has 0 spiro atoms. The summed E-state index contributed by atoms with van der Waals surface area (Å²) in [6.07, 6.45) is -3.96. The first-order chi connectivity index (χ1) is 13.1. The molecule has 0 radical (unpaired) electrons. The second-order valence-electron chi connectivity index (χ2n) is 5.56. The zero-order chi connectivity index (χ0) is 20.6. The predicted molar refractivity (Wildman–Crippen MR) is 92.3 cm³/mol. The highest BCUT2D eigenvalue weighted by molar-refractivity contribution is 5.98. The monoisotopic (exact) mass is 434 g/mol. The summed E-state index contributed by atoms with van der Waals surface area (Å²) < 4.78 is 53.3. The minimum Gasteiger partial charge on any atom is -0.505 e. The lowest BCUT2D eigenvalue weighted by atomic mass is 10.0. The van der Waals surface area contributed by atoms with Crippen LogP contribution >= 0.6 is 12.4 Å². The molecule has 3 aromatic rings. The number of rotatable bonds is 4. The van der Waals surface area contributed by atoms with E-state index in [1.165, 1.54) is 0 Å². The molecular weight excluding hydrogens is 424 g/mol. The number of hydrogen-bond acceptors (Lipinski definition) is 5. The minimum atomic E-state index is -4.94. The van der Waals surface area contributed by atoms with Crippen LogP contribution in [0.1, 0.15) is 16.1 Å². The lowest BCUT2D eigenvalue weighted by molar-refractivity contribution is -0.140. The van der Waals surface area contributed by atoms with E-state index in [2.05, 4.69) is 10.1 Å². The van der Waals surface area contributed by atoms with Crippen LogP contribution in [0.15, 0.2) is 30.6 Å². The van der Waals surface area contributed by atoms with Crippen LogP contribution < -0.4 is 5.32 Å². The van der Waals surface area contributed by atoms with Gasteiger partial charge in [-0.15, -0.1) is 12.4 Å². The molecule has 8 nitrogen and oxygen atoms in total. The van der Waals surface area contributed by atoms with Gasteiger partial charge in [0.2, 0.25) is 0 Å². The molecule has 29 heavy (non-hydrogen) atoms. The Morgan fingerprint density at radius 1 is 1.21 bits per heavy atom. The number of aromatic hydroxyl groups is 1. The van der Waals surface area contributed by atoms with Crippen LogP contribution in [0.5, 0.6) is 5.75 Å². The van der Waals surface area contributed by atoms with Crippen molar-refractivity contribution >= 4 is 29.9 Å². The zero-order valence-electron chi connectivity index (χ0n) is 14.1.